The van der Waals surface area contributed by atoms with Crippen molar-refractivity contribution in [2.24, 2.45) is 0 Å². The Kier molecular flexibility index (Phi) is 1.48. The highest BCUT2D eigenvalue weighted by atomic mass is 16.5. The van der Waals surface area contributed by atoms with Crippen LogP contribution in [0.2, 0.25) is 0 Å². The lowest BCUT2D eigenvalue weighted by atomic mass is 10.4. The van der Waals surface area contributed by atoms with Gasteiger partial charge in [-0.2, -0.15) is 0 Å². The molecule has 0 fully saturated rings. The van der Waals surface area contributed by atoms with Gasteiger partial charge >= 0.3 is 0 Å². The molecule has 4 nitrogen and oxygen atoms in total. The summed E-state index contributed by atoms with van der Waals surface area (Å²) in [5, 5.41) is 5.96. The van der Waals surface area contributed by atoms with Crippen LogP contribution in [0.1, 0.15) is 5.69 Å². The zero-order valence-electron chi connectivity index (χ0n) is 4.92. The largest absolute Gasteiger partial charge is 0.362 e. The second-order valence-electron chi connectivity index (χ2n) is 1.58. The van der Waals surface area contributed by atoms with E-state index in [2.05, 4.69) is 15.0 Å². The number of rotatable bonds is 2. The second kappa shape index (κ2) is 2.30. The number of anilines is 1. The summed E-state index contributed by atoms with van der Waals surface area (Å²) in [4.78, 5) is 9.84. The zero-order chi connectivity index (χ0) is 6.69. The Labute approximate surface area is 51.8 Å². The second-order valence-corrected chi connectivity index (χ2v) is 1.58. The van der Waals surface area contributed by atoms with Crippen LogP contribution in [0.4, 0.5) is 5.69 Å². The Bertz CT molecular complexity index is 206. The quantitative estimate of drug-likeness (QED) is 0.589. The Morgan fingerprint density at radius 2 is 2.67 bits per heavy atom. The van der Waals surface area contributed by atoms with Gasteiger partial charge in [0.1, 0.15) is 17.6 Å². The number of aromatic nitrogens is 1. The molecule has 48 valence electrons. The predicted molar refractivity (Wildman–Crippen MR) is 30.9 cm³/mol. The number of nitrogens with zero attached hydrogens (tertiary/aromatic N) is 1. The zero-order valence-corrected chi connectivity index (χ0v) is 4.92. The molecule has 1 aromatic heterocycles. The predicted octanol–water partition coefficient (Wildman–Crippen LogP) is 0.551. The van der Waals surface area contributed by atoms with Gasteiger partial charge in [0.15, 0.2) is 0 Å². The van der Waals surface area contributed by atoms with Crippen LogP contribution >= 0.6 is 0 Å². The van der Waals surface area contributed by atoms with E-state index < -0.39 is 0 Å². The minimum absolute atomic E-state index is 0.583. The van der Waals surface area contributed by atoms with E-state index >= 15 is 0 Å². The van der Waals surface area contributed by atoms with E-state index in [0.717, 1.165) is 0 Å². The molecule has 0 radical (unpaired) electrons. The number of hydrogen-bond donors (Lipinski definition) is 1. The van der Waals surface area contributed by atoms with Crippen LogP contribution in [0.3, 0.4) is 0 Å². The number of hydrogen-bond acceptors (Lipinski definition) is 3. The molecule has 0 aromatic carbocycles. The first-order valence-corrected chi connectivity index (χ1v) is 2.45. The summed E-state index contributed by atoms with van der Waals surface area (Å²) in [7, 11) is 0. The SMILES string of the molecule is Cc1nocc1NC=O. The van der Waals surface area contributed by atoms with Gasteiger partial charge in [-0.1, -0.05) is 5.16 Å². The fraction of sp³-hybridized carbons (Fsp3) is 0.200. The number of carbonyl (C=O) groups is 1. The van der Waals surface area contributed by atoms with Gasteiger partial charge in [0.25, 0.3) is 0 Å². The molecule has 1 aromatic rings. The molecule has 0 atom stereocenters. The monoisotopic (exact) mass is 126 g/mol. The van der Waals surface area contributed by atoms with E-state index in [-0.39, 0.29) is 0 Å². The van der Waals surface area contributed by atoms with Crippen molar-refractivity contribution in [1.29, 1.82) is 0 Å². The molecular weight excluding hydrogens is 120 g/mol. The summed E-state index contributed by atoms with van der Waals surface area (Å²) in [6.45, 7) is 1.75. The topological polar surface area (TPSA) is 55.1 Å². The standard InChI is InChI=1S/C5H6N2O2/c1-4-5(6-3-8)2-9-7-4/h2-3H,1H3,(H,6,8). The third kappa shape index (κ3) is 1.07. The lowest BCUT2D eigenvalue weighted by Crippen LogP contribution is -1.92. The van der Waals surface area contributed by atoms with Crippen LogP contribution in [0.25, 0.3) is 0 Å². The first-order valence-electron chi connectivity index (χ1n) is 2.45. The van der Waals surface area contributed by atoms with Gasteiger partial charge in [0.2, 0.25) is 6.41 Å². The summed E-state index contributed by atoms with van der Waals surface area (Å²) >= 11 is 0. The smallest absolute Gasteiger partial charge is 0.211 e. The van der Waals surface area contributed by atoms with E-state index in [9.17, 15) is 4.79 Å². The van der Waals surface area contributed by atoms with Gasteiger partial charge in [0, 0.05) is 0 Å². The van der Waals surface area contributed by atoms with Crippen molar-refractivity contribution < 1.29 is 9.32 Å². The summed E-state index contributed by atoms with van der Waals surface area (Å²) in [6, 6.07) is 0. The van der Waals surface area contributed by atoms with E-state index in [4.69, 9.17) is 0 Å². The minimum atomic E-state index is 0.583. The van der Waals surface area contributed by atoms with Crippen molar-refractivity contribution in [2.45, 2.75) is 6.92 Å². The van der Waals surface area contributed by atoms with Crippen molar-refractivity contribution in [1.82, 2.24) is 5.16 Å². The molecule has 1 N–H and O–H groups in total. The van der Waals surface area contributed by atoms with Gasteiger partial charge in [-0.15, -0.1) is 0 Å². The number of aryl methyl sites for hydroxylation is 1. The van der Waals surface area contributed by atoms with Crippen molar-refractivity contribution in [3.8, 4) is 0 Å². The molecule has 0 unspecified atom stereocenters. The molecule has 9 heavy (non-hydrogen) atoms. The first-order chi connectivity index (χ1) is 4.34. The molecule has 0 aliphatic heterocycles. The third-order valence-corrected chi connectivity index (χ3v) is 0.964. The van der Waals surface area contributed by atoms with E-state index in [1.165, 1.54) is 6.26 Å². The maximum atomic E-state index is 9.84. The van der Waals surface area contributed by atoms with Gasteiger partial charge in [-0.3, -0.25) is 4.79 Å². The summed E-state index contributed by atoms with van der Waals surface area (Å²) in [5.74, 6) is 0. The van der Waals surface area contributed by atoms with Crippen molar-refractivity contribution in [3.63, 3.8) is 0 Å². The Hall–Kier alpha value is -1.32. The molecule has 1 amide bonds. The maximum absolute atomic E-state index is 9.84. The maximum Gasteiger partial charge on any atom is 0.211 e. The molecule has 0 aliphatic carbocycles. The highest BCUT2D eigenvalue weighted by Crippen LogP contribution is 2.09. The van der Waals surface area contributed by atoms with Crippen LogP contribution in [-0.2, 0) is 4.79 Å². The first kappa shape index (κ1) is 5.81. The summed E-state index contributed by atoms with van der Waals surface area (Å²) in [6.07, 6.45) is 1.96. The Morgan fingerprint density at radius 1 is 1.89 bits per heavy atom. The van der Waals surface area contributed by atoms with Crippen LogP contribution in [0, 0.1) is 6.92 Å². The van der Waals surface area contributed by atoms with E-state index in [1.54, 1.807) is 6.92 Å². The van der Waals surface area contributed by atoms with Crippen molar-refractivity contribution >= 4 is 12.1 Å². The molecular formula is C5H6N2O2. The fourth-order valence-corrected chi connectivity index (χ4v) is 0.495. The average molecular weight is 126 g/mol. The van der Waals surface area contributed by atoms with Crippen LogP contribution in [-0.4, -0.2) is 11.6 Å². The number of nitrogens with one attached hydrogen (secondary N) is 1. The Balaban J connectivity index is 2.80. The summed E-state index contributed by atoms with van der Waals surface area (Å²) < 4.78 is 4.53. The fourth-order valence-electron chi connectivity index (χ4n) is 0.495. The van der Waals surface area contributed by atoms with E-state index in [1.807, 2.05) is 0 Å². The van der Waals surface area contributed by atoms with Crippen LogP contribution in [0.5, 0.6) is 0 Å². The Morgan fingerprint density at radius 3 is 3.11 bits per heavy atom. The van der Waals surface area contributed by atoms with E-state index in [0.29, 0.717) is 17.8 Å². The lowest BCUT2D eigenvalue weighted by molar-refractivity contribution is -0.105. The molecule has 4 heteroatoms. The molecule has 0 spiro atoms. The molecule has 0 saturated carbocycles. The molecule has 0 bridgehead atoms. The third-order valence-electron chi connectivity index (χ3n) is 0.964. The van der Waals surface area contributed by atoms with Crippen molar-refractivity contribution in [3.05, 3.63) is 12.0 Å². The number of amides is 1. The van der Waals surface area contributed by atoms with Crippen molar-refractivity contribution in [2.75, 3.05) is 5.32 Å². The van der Waals surface area contributed by atoms with Gasteiger partial charge < -0.3 is 9.84 Å². The molecule has 0 saturated heterocycles. The highest BCUT2D eigenvalue weighted by molar-refractivity contribution is 5.71. The number of carbonyl (C=O) groups excluding carboxylic acids is 1. The van der Waals surface area contributed by atoms with Gasteiger partial charge in [-0.05, 0) is 6.92 Å². The lowest BCUT2D eigenvalue weighted by Gasteiger charge is -1.87. The normalized spacial score (nSPS) is 9.00. The van der Waals surface area contributed by atoms with Gasteiger partial charge in [-0.25, -0.2) is 0 Å². The molecule has 0 aliphatic rings. The van der Waals surface area contributed by atoms with Crippen LogP contribution in [0.15, 0.2) is 10.8 Å². The molecule has 1 heterocycles. The highest BCUT2D eigenvalue weighted by Gasteiger charge is 1.97. The molecule has 1 rings (SSSR count). The average Bonchev–Trinajstić information content (AvgIpc) is 2.18. The van der Waals surface area contributed by atoms with Gasteiger partial charge in [0.05, 0.1) is 0 Å². The van der Waals surface area contributed by atoms with Crippen LogP contribution < -0.4 is 5.32 Å². The summed E-state index contributed by atoms with van der Waals surface area (Å²) in [5.41, 5.74) is 1.30. The minimum Gasteiger partial charge on any atom is -0.362 e.